The van der Waals surface area contributed by atoms with Gasteiger partial charge in [-0.2, -0.15) is 19.6 Å². The number of carbonyl (C=O) groups excluding carboxylic acids is 1. The van der Waals surface area contributed by atoms with Crippen LogP contribution in [0.3, 0.4) is 0 Å². The van der Waals surface area contributed by atoms with Crippen LogP contribution in [-0.4, -0.2) is 94.9 Å². The zero-order chi connectivity index (χ0) is 42.1. The van der Waals surface area contributed by atoms with Crippen molar-refractivity contribution in [2.75, 3.05) is 62.2 Å². The summed E-state index contributed by atoms with van der Waals surface area (Å²) in [5.74, 6) is 0.859. The average Bonchev–Trinajstić information content (AvgIpc) is 4.01. The lowest BCUT2D eigenvalue weighted by molar-refractivity contribution is -0.130. The first-order valence-corrected chi connectivity index (χ1v) is 22.2. The topological polar surface area (TPSA) is 127 Å². The second-order valence-corrected chi connectivity index (χ2v) is 16.8. The van der Waals surface area contributed by atoms with Gasteiger partial charge in [0.25, 0.3) is 0 Å². The normalized spacial score (nSPS) is 17.0. The van der Waals surface area contributed by atoms with Gasteiger partial charge in [-0.1, -0.05) is 65.7 Å². The minimum atomic E-state index is -0.292. The number of hydrogen-bond acceptors (Lipinski definition) is 10. The van der Waals surface area contributed by atoms with Crippen molar-refractivity contribution in [2.24, 2.45) is 0 Å². The largest absolute Gasteiger partial charge is 0.483 e. The lowest BCUT2D eigenvalue weighted by Crippen LogP contribution is -2.49. The second kappa shape index (κ2) is 21.3. The van der Waals surface area contributed by atoms with Crippen LogP contribution in [0.2, 0.25) is 10.0 Å². The fraction of sp³-hybridized carbons (Fsp3) is 0.413. The summed E-state index contributed by atoms with van der Waals surface area (Å²) in [6.07, 6.45) is 12.4. The summed E-state index contributed by atoms with van der Waals surface area (Å²) in [4.78, 5) is 45.7. The molecule has 0 radical (unpaired) electrons. The van der Waals surface area contributed by atoms with Gasteiger partial charge in [0.1, 0.15) is 11.4 Å². The summed E-state index contributed by atoms with van der Waals surface area (Å²) in [5, 5.41) is 13.3. The van der Waals surface area contributed by atoms with Crippen LogP contribution in [0.5, 0.6) is 11.5 Å². The van der Waals surface area contributed by atoms with Crippen LogP contribution in [0.1, 0.15) is 56.9 Å². The van der Waals surface area contributed by atoms with Gasteiger partial charge in [-0.05, 0) is 93.3 Å². The molecule has 9 rings (SSSR count). The fourth-order valence-electron chi connectivity index (χ4n) is 8.44. The number of halogens is 3. The van der Waals surface area contributed by atoms with E-state index < -0.39 is 0 Å². The molecular weight excluding hydrogens is 851 g/mol. The van der Waals surface area contributed by atoms with Gasteiger partial charge in [-0.15, -0.1) is 12.4 Å². The number of aromatic nitrogens is 4. The molecule has 328 valence electrons. The number of ether oxygens (including phenoxy) is 2. The molecule has 4 heterocycles. The van der Waals surface area contributed by atoms with Crippen molar-refractivity contribution >= 4 is 52.9 Å². The fourth-order valence-corrected chi connectivity index (χ4v) is 8.81. The summed E-state index contributed by atoms with van der Waals surface area (Å²) >= 11 is 12.2. The zero-order valence-electron chi connectivity index (χ0n) is 34.7. The first-order valence-electron chi connectivity index (χ1n) is 21.4. The number of anilines is 2. The van der Waals surface area contributed by atoms with Gasteiger partial charge in [0.05, 0.1) is 42.4 Å². The van der Waals surface area contributed by atoms with E-state index in [1.807, 2.05) is 47.4 Å². The number of piperazine rings is 2. The number of nitrogens with one attached hydrogen (secondary N) is 1. The third-order valence-electron chi connectivity index (χ3n) is 11.7. The predicted molar refractivity (Wildman–Crippen MR) is 247 cm³/mol. The molecule has 1 N–H and O–H groups in total. The van der Waals surface area contributed by atoms with Crippen LogP contribution >= 0.6 is 35.6 Å². The third-order valence-corrected chi connectivity index (χ3v) is 12.2. The van der Waals surface area contributed by atoms with Crippen LogP contribution in [0, 0.1) is 0 Å². The zero-order valence-corrected chi connectivity index (χ0v) is 37.0. The van der Waals surface area contributed by atoms with Crippen molar-refractivity contribution in [2.45, 2.75) is 70.0 Å². The monoisotopic (exact) mass is 902 g/mol. The van der Waals surface area contributed by atoms with Crippen LogP contribution in [0.15, 0.2) is 101 Å². The highest BCUT2D eigenvalue weighted by atomic mass is 35.5. The molecule has 2 aliphatic heterocycles. The van der Waals surface area contributed by atoms with E-state index in [4.69, 9.17) is 32.7 Å². The average molecular weight is 904 g/mol. The highest BCUT2D eigenvalue weighted by Gasteiger charge is 2.29. The quantitative estimate of drug-likeness (QED) is 0.155. The third kappa shape index (κ3) is 10.9. The van der Waals surface area contributed by atoms with E-state index in [1.54, 1.807) is 48.8 Å². The lowest BCUT2D eigenvalue weighted by Gasteiger charge is -2.36. The summed E-state index contributed by atoms with van der Waals surface area (Å²) in [5.41, 5.74) is 3.22. The Morgan fingerprint density at radius 1 is 0.629 bits per heavy atom. The van der Waals surface area contributed by atoms with Crippen molar-refractivity contribution in [3.05, 3.63) is 128 Å². The molecule has 4 fully saturated rings. The maximum atomic E-state index is 13.5. The van der Waals surface area contributed by atoms with Gasteiger partial charge in [-0.25, -0.2) is 0 Å². The molecule has 3 aromatic carbocycles. The van der Waals surface area contributed by atoms with E-state index in [2.05, 4.69) is 25.3 Å². The van der Waals surface area contributed by atoms with Crippen LogP contribution in [-0.2, 0) is 11.2 Å². The maximum absolute atomic E-state index is 13.5. The summed E-state index contributed by atoms with van der Waals surface area (Å²) < 4.78 is 15.2. The summed E-state index contributed by atoms with van der Waals surface area (Å²) in [7, 11) is 0. The molecule has 0 unspecified atom stereocenters. The van der Waals surface area contributed by atoms with Gasteiger partial charge >= 0.3 is 11.1 Å². The molecule has 62 heavy (non-hydrogen) atoms. The SMILES string of the molecule is Cl.O=C(Cc1ccccc1)N1CCN(c2cnn(-c3cccc(Cl)c3)c(=O)c2OC2CCCC2)CC1.O=c1c(OC2CCCC2)c(N2CCNCC2)cnn1-c1cccc(Cl)c1. The van der Waals surface area contributed by atoms with Crippen molar-refractivity contribution in [1.29, 1.82) is 0 Å². The van der Waals surface area contributed by atoms with E-state index in [0.29, 0.717) is 71.2 Å². The molecule has 5 aromatic rings. The van der Waals surface area contributed by atoms with E-state index in [0.717, 1.165) is 88.8 Å². The highest BCUT2D eigenvalue weighted by molar-refractivity contribution is 6.31. The Kier molecular flexibility index (Phi) is 15.5. The molecule has 2 aliphatic carbocycles. The molecule has 2 saturated heterocycles. The summed E-state index contributed by atoms with van der Waals surface area (Å²) in [6.45, 7) is 5.86. The number of hydrogen-bond donors (Lipinski definition) is 1. The van der Waals surface area contributed by atoms with Gasteiger partial charge < -0.3 is 29.5 Å². The molecule has 0 bridgehead atoms. The Bertz CT molecular complexity index is 2390. The van der Waals surface area contributed by atoms with Crippen LogP contribution < -0.4 is 35.7 Å². The molecule has 0 atom stereocenters. The van der Waals surface area contributed by atoms with E-state index in [9.17, 15) is 14.4 Å². The molecule has 0 spiro atoms. The van der Waals surface area contributed by atoms with E-state index in [-0.39, 0.29) is 41.6 Å². The Balaban J connectivity index is 0.000000191. The Labute approximate surface area is 377 Å². The van der Waals surface area contributed by atoms with Gasteiger partial charge in [0, 0.05) is 62.4 Å². The van der Waals surface area contributed by atoms with Crippen molar-refractivity contribution < 1.29 is 14.3 Å². The summed E-state index contributed by atoms with van der Waals surface area (Å²) in [6, 6.07) is 24.0. The molecular formula is C46H53Cl3N8O5. The first-order chi connectivity index (χ1) is 29.8. The van der Waals surface area contributed by atoms with Gasteiger partial charge in [0.15, 0.2) is 0 Å². The molecule has 1 amide bonds. The Morgan fingerprint density at radius 2 is 1.10 bits per heavy atom. The van der Waals surface area contributed by atoms with Crippen LogP contribution in [0.25, 0.3) is 11.4 Å². The number of amides is 1. The Morgan fingerprint density at radius 3 is 1.56 bits per heavy atom. The maximum Gasteiger partial charge on any atom is 0.316 e. The smallest absolute Gasteiger partial charge is 0.316 e. The van der Waals surface area contributed by atoms with Crippen LogP contribution in [0.4, 0.5) is 11.4 Å². The minimum absolute atomic E-state index is 0. The Hall–Kier alpha value is -5.08. The van der Waals surface area contributed by atoms with Crippen molar-refractivity contribution in [3.8, 4) is 22.9 Å². The number of nitrogens with zero attached hydrogens (tertiary/aromatic N) is 7. The van der Waals surface area contributed by atoms with Gasteiger partial charge in [-0.3, -0.25) is 14.4 Å². The molecule has 16 heteroatoms. The lowest BCUT2D eigenvalue weighted by atomic mass is 10.1. The number of benzene rings is 3. The van der Waals surface area contributed by atoms with Crippen molar-refractivity contribution in [3.63, 3.8) is 0 Å². The number of rotatable bonds is 10. The minimum Gasteiger partial charge on any atom is -0.483 e. The molecule has 13 nitrogen and oxygen atoms in total. The van der Waals surface area contributed by atoms with E-state index in [1.165, 1.54) is 9.36 Å². The number of carbonyl (C=O) groups is 1. The molecule has 2 aromatic heterocycles. The predicted octanol–water partition coefficient (Wildman–Crippen LogP) is 7.14. The van der Waals surface area contributed by atoms with E-state index >= 15 is 0 Å². The van der Waals surface area contributed by atoms with Gasteiger partial charge in [0.2, 0.25) is 17.4 Å². The molecule has 4 aliphatic rings. The van der Waals surface area contributed by atoms with Crippen molar-refractivity contribution in [1.82, 2.24) is 29.8 Å². The highest BCUT2D eigenvalue weighted by Crippen LogP contribution is 2.32. The second-order valence-electron chi connectivity index (χ2n) is 15.9. The first kappa shape index (κ1) is 45.0. The molecule has 2 saturated carbocycles. The standard InChI is InChI=1S/C27H29ClN4O3.C19H23ClN4O2.ClH/c28-21-9-6-10-22(18-21)32-27(34)26(35-23-11-4-5-12-23)24(19-29-32)30-13-15-31(16-14-30)25(33)17-20-7-2-1-3-8-20;20-14-4-3-5-15(12-14)24-19(25)18(26-16-6-1-2-7-16)17(13-22-24)23-10-8-21-9-11-23;/h1-3,6-10,18-19,23H,4-5,11-17H2;3-5,12-13,16,21H,1-2,6-11H2;1H.